The summed E-state index contributed by atoms with van der Waals surface area (Å²) in [5, 5.41) is 0. The third-order valence-electron chi connectivity index (χ3n) is 2.87. The highest BCUT2D eigenvalue weighted by atomic mass is 16.5. The van der Waals surface area contributed by atoms with E-state index in [2.05, 4.69) is 21.9 Å². The van der Waals surface area contributed by atoms with E-state index in [0.29, 0.717) is 11.3 Å². The molecule has 2 aromatic heterocycles. The number of carbonyl (C=O) groups excluding carboxylic acids is 1. The molecule has 0 spiro atoms. The molecule has 19 heavy (non-hydrogen) atoms. The number of H-pyrrole nitrogens is 1. The van der Waals surface area contributed by atoms with E-state index in [1.54, 1.807) is 18.5 Å². The topological polar surface area (TPSA) is 67.9 Å². The number of hydrogen-bond acceptors (Lipinski definition) is 4. The summed E-state index contributed by atoms with van der Waals surface area (Å²) in [6, 6.07) is 3.62. The van der Waals surface area contributed by atoms with Crippen LogP contribution >= 0.6 is 0 Å². The number of unbranched alkanes of at least 4 members (excludes halogenated alkanes) is 1. The minimum atomic E-state index is -0.444. The molecule has 0 aliphatic carbocycles. The predicted molar refractivity (Wildman–Crippen MR) is 71.8 cm³/mol. The Kier molecular flexibility index (Phi) is 4.28. The molecule has 1 N–H and O–H groups in total. The second kappa shape index (κ2) is 6.13. The monoisotopic (exact) mass is 259 g/mol. The number of methoxy groups -OCH3 is 1. The molecule has 5 heteroatoms. The Hall–Kier alpha value is -2.17. The van der Waals surface area contributed by atoms with E-state index in [1.807, 2.05) is 6.07 Å². The van der Waals surface area contributed by atoms with Crippen molar-refractivity contribution in [1.29, 1.82) is 0 Å². The molecule has 0 amide bonds. The molecule has 100 valence electrons. The zero-order chi connectivity index (χ0) is 13.7. The lowest BCUT2D eigenvalue weighted by Gasteiger charge is -2.04. The van der Waals surface area contributed by atoms with Gasteiger partial charge in [0.1, 0.15) is 5.82 Å². The summed E-state index contributed by atoms with van der Waals surface area (Å²) >= 11 is 0. The number of pyridine rings is 1. The van der Waals surface area contributed by atoms with Gasteiger partial charge in [-0.05, 0) is 18.6 Å². The summed E-state index contributed by atoms with van der Waals surface area (Å²) in [7, 11) is 1.35. The number of esters is 1. The minimum Gasteiger partial charge on any atom is -0.464 e. The summed E-state index contributed by atoms with van der Waals surface area (Å²) in [4.78, 5) is 23.3. The van der Waals surface area contributed by atoms with Crippen molar-refractivity contribution >= 4 is 5.97 Å². The quantitative estimate of drug-likeness (QED) is 0.838. The Bertz CT molecular complexity index is 563. The molecule has 2 heterocycles. The maximum Gasteiger partial charge on any atom is 0.357 e. The summed E-state index contributed by atoms with van der Waals surface area (Å²) < 4.78 is 4.73. The predicted octanol–water partition coefficient (Wildman–Crippen LogP) is 2.60. The van der Waals surface area contributed by atoms with E-state index < -0.39 is 5.97 Å². The lowest BCUT2D eigenvalue weighted by atomic mass is 10.1. The standard InChI is InChI=1S/C14H17N3O2/c1-3-4-7-12-16-9-11(17-12)10-6-5-8-15-13(10)14(18)19-2/h5-6,8-9H,3-4,7H2,1-2H3,(H,16,17). The second-order valence-electron chi connectivity index (χ2n) is 4.24. The number of carbonyl (C=O) groups is 1. The summed E-state index contributed by atoms with van der Waals surface area (Å²) in [5.41, 5.74) is 1.81. The van der Waals surface area contributed by atoms with Crippen molar-refractivity contribution in [2.24, 2.45) is 0 Å². The molecule has 0 unspecified atom stereocenters. The average Bonchev–Trinajstić information content (AvgIpc) is 2.93. The van der Waals surface area contributed by atoms with Crippen LogP contribution in [0.1, 0.15) is 36.1 Å². The number of ether oxygens (including phenoxy) is 1. The Labute approximate surface area is 112 Å². The van der Waals surface area contributed by atoms with Crippen LogP contribution < -0.4 is 0 Å². The number of aryl methyl sites for hydroxylation is 1. The number of aromatic amines is 1. The minimum absolute atomic E-state index is 0.302. The number of aromatic nitrogens is 3. The van der Waals surface area contributed by atoms with E-state index in [0.717, 1.165) is 30.8 Å². The van der Waals surface area contributed by atoms with Crippen molar-refractivity contribution in [2.75, 3.05) is 7.11 Å². The normalized spacial score (nSPS) is 10.4. The molecule has 0 saturated heterocycles. The van der Waals surface area contributed by atoms with Gasteiger partial charge >= 0.3 is 5.97 Å². The van der Waals surface area contributed by atoms with Crippen LogP contribution in [0.5, 0.6) is 0 Å². The summed E-state index contributed by atoms with van der Waals surface area (Å²) in [6.07, 6.45) is 6.42. The van der Waals surface area contributed by atoms with Gasteiger partial charge in [-0.1, -0.05) is 13.3 Å². The number of imidazole rings is 1. The third kappa shape index (κ3) is 2.99. The van der Waals surface area contributed by atoms with E-state index in [9.17, 15) is 4.79 Å². The van der Waals surface area contributed by atoms with Crippen LogP contribution in [0.2, 0.25) is 0 Å². The first-order valence-corrected chi connectivity index (χ1v) is 6.33. The number of nitrogens with zero attached hydrogens (tertiary/aromatic N) is 2. The summed E-state index contributed by atoms with van der Waals surface area (Å²) in [5.74, 6) is 0.483. The van der Waals surface area contributed by atoms with Gasteiger partial charge in [0.05, 0.1) is 19.0 Å². The molecule has 0 saturated carbocycles. The maximum atomic E-state index is 11.7. The molecule has 0 aromatic carbocycles. The fourth-order valence-corrected chi connectivity index (χ4v) is 1.85. The van der Waals surface area contributed by atoms with Crippen LogP contribution in [-0.4, -0.2) is 28.0 Å². The van der Waals surface area contributed by atoms with Crippen molar-refractivity contribution in [3.63, 3.8) is 0 Å². The molecular weight excluding hydrogens is 242 g/mol. The molecule has 0 aliphatic heterocycles. The molecule has 5 nitrogen and oxygen atoms in total. The van der Waals surface area contributed by atoms with Gasteiger partial charge in [0.25, 0.3) is 0 Å². The number of nitrogens with one attached hydrogen (secondary N) is 1. The summed E-state index contributed by atoms with van der Waals surface area (Å²) in [6.45, 7) is 2.14. The molecule has 0 radical (unpaired) electrons. The molecule has 0 fully saturated rings. The van der Waals surface area contributed by atoms with Gasteiger partial charge in [-0.2, -0.15) is 0 Å². The fourth-order valence-electron chi connectivity index (χ4n) is 1.85. The number of hydrogen-bond donors (Lipinski definition) is 1. The highest BCUT2D eigenvalue weighted by molar-refractivity contribution is 5.94. The van der Waals surface area contributed by atoms with Crippen molar-refractivity contribution in [3.05, 3.63) is 36.0 Å². The van der Waals surface area contributed by atoms with Crippen LogP contribution in [0.4, 0.5) is 0 Å². The Balaban J connectivity index is 2.31. The Morgan fingerprint density at radius 1 is 1.42 bits per heavy atom. The first-order valence-electron chi connectivity index (χ1n) is 6.33. The largest absolute Gasteiger partial charge is 0.464 e. The zero-order valence-electron chi connectivity index (χ0n) is 11.1. The highest BCUT2D eigenvalue weighted by Gasteiger charge is 2.15. The Morgan fingerprint density at radius 3 is 3.00 bits per heavy atom. The fraction of sp³-hybridized carbons (Fsp3) is 0.357. The van der Waals surface area contributed by atoms with Gasteiger partial charge in [0.15, 0.2) is 5.69 Å². The molecule has 0 atom stereocenters. The smallest absolute Gasteiger partial charge is 0.357 e. The van der Waals surface area contributed by atoms with Crippen molar-refractivity contribution in [1.82, 2.24) is 15.0 Å². The van der Waals surface area contributed by atoms with Crippen molar-refractivity contribution in [3.8, 4) is 11.3 Å². The third-order valence-corrected chi connectivity index (χ3v) is 2.87. The zero-order valence-corrected chi connectivity index (χ0v) is 11.1. The average molecular weight is 259 g/mol. The molecular formula is C14H17N3O2. The van der Waals surface area contributed by atoms with E-state index in [-0.39, 0.29) is 0 Å². The van der Waals surface area contributed by atoms with E-state index >= 15 is 0 Å². The maximum absolute atomic E-state index is 11.7. The van der Waals surface area contributed by atoms with Gasteiger partial charge in [-0.25, -0.2) is 14.8 Å². The lowest BCUT2D eigenvalue weighted by Crippen LogP contribution is -2.06. The van der Waals surface area contributed by atoms with Gasteiger partial charge in [0.2, 0.25) is 0 Å². The van der Waals surface area contributed by atoms with Crippen LogP contribution in [0.3, 0.4) is 0 Å². The van der Waals surface area contributed by atoms with Crippen LogP contribution in [0.25, 0.3) is 11.3 Å². The number of rotatable bonds is 5. The van der Waals surface area contributed by atoms with Crippen LogP contribution in [0.15, 0.2) is 24.5 Å². The second-order valence-corrected chi connectivity index (χ2v) is 4.24. The van der Waals surface area contributed by atoms with Crippen LogP contribution in [-0.2, 0) is 11.2 Å². The molecule has 2 rings (SSSR count). The lowest BCUT2D eigenvalue weighted by molar-refractivity contribution is 0.0595. The molecule has 0 aliphatic rings. The van der Waals surface area contributed by atoms with E-state index in [1.165, 1.54) is 7.11 Å². The van der Waals surface area contributed by atoms with Crippen LogP contribution in [0, 0.1) is 0 Å². The van der Waals surface area contributed by atoms with E-state index in [4.69, 9.17) is 4.74 Å². The first-order chi connectivity index (χ1) is 9.26. The first kappa shape index (κ1) is 13.3. The SMILES string of the molecule is CCCCc1ncc(-c2cccnc2C(=O)OC)[nH]1. The van der Waals surface area contributed by atoms with Gasteiger partial charge in [0, 0.05) is 18.2 Å². The van der Waals surface area contributed by atoms with Gasteiger partial charge in [-0.15, -0.1) is 0 Å². The Morgan fingerprint density at radius 2 is 2.26 bits per heavy atom. The van der Waals surface area contributed by atoms with Gasteiger partial charge in [-0.3, -0.25) is 0 Å². The van der Waals surface area contributed by atoms with Gasteiger partial charge < -0.3 is 9.72 Å². The highest BCUT2D eigenvalue weighted by Crippen LogP contribution is 2.21. The molecule has 0 bridgehead atoms. The van der Waals surface area contributed by atoms with Crippen molar-refractivity contribution < 1.29 is 9.53 Å². The molecule has 2 aromatic rings. The van der Waals surface area contributed by atoms with Crippen molar-refractivity contribution in [2.45, 2.75) is 26.2 Å².